The predicted octanol–water partition coefficient (Wildman–Crippen LogP) is 6.09. The number of carboxylic acid groups (broad SMARTS) is 2. The van der Waals surface area contributed by atoms with Crippen LogP contribution >= 0.6 is 0 Å². The molecule has 1 unspecified atom stereocenters. The van der Waals surface area contributed by atoms with Gasteiger partial charge in [-0.25, -0.2) is 9.59 Å². The van der Waals surface area contributed by atoms with Gasteiger partial charge in [-0.15, -0.1) is 0 Å². The van der Waals surface area contributed by atoms with Gasteiger partial charge in [-0.1, -0.05) is 74.0 Å². The van der Waals surface area contributed by atoms with Crippen molar-refractivity contribution in [2.75, 3.05) is 0 Å². The van der Waals surface area contributed by atoms with Gasteiger partial charge in [-0.2, -0.15) is 0 Å². The van der Waals surface area contributed by atoms with Crippen molar-refractivity contribution in [3.63, 3.8) is 0 Å². The summed E-state index contributed by atoms with van der Waals surface area (Å²) in [4.78, 5) is 23.7. The van der Waals surface area contributed by atoms with Gasteiger partial charge in [0.1, 0.15) is 0 Å². The number of hydrogen-bond donors (Lipinski definition) is 2. The second kappa shape index (κ2) is 9.61. The van der Waals surface area contributed by atoms with E-state index in [1.165, 1.54) is 11.6 Å². The predicted molar refractivity (Wildman–Crippen MR) is 122 cm³/mol. The van der Waals surface area contributed by atoms with Gasteiger partial charge in [0, 0.05) is 0 Å². The highest BCUT2D eigenvalue weighted by molar-refractivity contribution is 5.96. The van der Waals surface area contributed by atoms with Crippen LogP contribution in [0.3, 0.4) is 0 Å². The van der Waals surface area contributed by atoms with Crippen LogP contribution < -0.4 is 0 Å². The Bertz CT molecular complexity index is 1080. The van der Waals surface area contributed by atoms with E-state index in [1.54, 1.807) is 6.07 Å². The summed E-state index contributed by atoms with van der Waals surface area (Å²) >= 11 is 0. The standard InChI is InChI=1S/C27H28O4/c1-4-18(3)21-11-9-20(10-12-21)14-23-15-22(13-19-7-5-17(2)6-8-19)24(26(28)29)16-25(23)27(30)31/h5-12,15-16,18H,4,13-14H2,1-3H3,(H,28,29)(H,30,31). The van der Waals surface area contributed by atoms with Crippen molar-refractivity contribution >= 4 is 11.9 Å². The summed E-state index contributed by atoms with van der Waals surface area (Å²) in [5.74, 6) is -1.76. The minimum absolute atomic E-state index is 0.0360. The van der Waals surface area contributed by atoms with E-state index in [9.17, 15) is 19.8 Å². The summed E-state index contributed by atoms with van der Waals surface area (Å²) in [5, 5.41) is 19.4. The molecule has 0 aliphatic heterocycles. The molecule has 2 N–H and O–H groups in total. The van der Waals surface area contributed by atoms with Crippen molar-refractivity contribution in [1.82, 2.24) is 0 Å². The lowest BCUT2D eigenvalue weighted by molar-refractivity contribution is 0.0695. The lowest BCUT2D eigenvalue weighted by Crippen LogP contribution is -2.11. The molecular formula is C27H28O4. The average molecular weight is 417 g/mol. The Morgan fingerprint density at radius 1 is 0.774 bits per heavy atom. The Morgan fingerprint density at radius 2 is 1.23 bits per heavy atom. The highest BCUT2D eigenvalue weighted by Crippen LogP contribution is 2.25. The molecule has 0 saturated carbocycles. The molecule has 160 valence electrons. The van der Waals surface area contributed by atoms with E-state index >= 15 is 0 Å². The minimum Gasteiger partial charge on any atom is -0.478 e. The molecule has 3 aromatic rings. The normalized spacial score (nSPS) is 11.8. The zero-order chi connectivity index (χ0) is 22.5. The van der Waals surface area contributed by atoms with Crippen molar-refractivity contribution in [1.29, 1.82) is 0 Å². The fraction of sp³-hybridized carbons (Fsp3) is 0.259. The number of aryl methyl sites for hydroxylation is 1. The SMILES string of the molecule is CCC(C)c1ccc(Cc2cc(Cc3ccc(C)cc3)c(C(=O)O)cc2C(=O)O)cc1. The molecule has 0 radical (unpaired) electrons. The quantitative estimate of drug-likeness (QED) is 0.466. The van der Waals surface area contributed by atoms with Gasteiger partial charge in [-0.3, -0.25) is 0 Å². The monoisotopic (exact) mass is 416 g/mol. The highest BCUT2D eigenvalue weighted by atomic mass is 16.4. The Balaban J connectivity index is 2.00. The van der Waals surface area contributed by atoms with Crippen LogP contribution in [-0.4, -0.2) is 22.2 Å². The fourth-order valence-electron chi connectivity index (χ4n) is 3.73. The first-order chi connectivity index (χ1) is 14.8. The summed E-state index contributed by atoms with van der Waals surface area (Å²) < 4.78 is 0. The second-order valence-corrected chi connectivity index (χ2v) is 8.17. The lowest BCUT2D eigenvalue weighted by atomic mass is 9.90. The van der Waals surface area contributed by atoms with Gasteiger partial charge in [0.15, 0.2) is 0 Å². The molecule has 3 aromatic carbocycles. The topological polar surface area (TPSA) is 74.6 Å². The molecule has 4 nitrogen and oxygen atoms in total. The lowest BCUT2D eigenvalue weighted by Gasteiger charge is -2.14. The van der Waals surface area contributed by atoms with Crippen LogP contribution in [-0.2, 0) is 12.8 Å². The number of rotatable bonds is 8. The minimum atomic E-state index is -1.12. The highest BCUT2D eigenvalue weighted by Gasteiger charge is 2.19. The molecule has 0 aliphatic carbocycles. The number of benzene rings is 3. The maximum atomic E-state index is 11.9. The Hall–Kier alpha value is -3.40. The molecular weight excluding hydrogens is 388 g/mol. The fourth-order valence-corrected chi connectivity index (χ4v) is 3.73. The van der Waals surface area contributed by atoms with E-state index in [1.807, 2.05) is 43.3 Å². The third-order valence-electron chi connectivity index (χ3n) is 5.86. The van der Waals surface area contributed by atoms with Crippen molar-refractivity contribution in [2.24, 2.45) is 0 Å². The maximum Gasteiger partial charge on any atom is 0.336 e. The maximum absolute atomic E-state index is 11.9. The van der Waals surface area contributed by atoms with Crippen LogP contribution in [0.1, 0.15) is 80.3 Å². The smallest absolute Gasteiger partial charge is 0.336 e. The molecule has 1 atom stereocenters. The van der Waals surface area contributed by atoms with Gasteiger partial charge < -0.3 is 10.2 Å². The molecule has 0 amide bonds. The van der Waals surface area contributed by atoms with Gasteiger partial charge in [0.05, 0.1) is 11.1 Å². The van der Waals surface area contributed by atoms with Crippen molar-refractivity contribution in [2.45, 2.75) is 46.0 Å². The number of hydrogen-bond acceptors (Lipinski definition) is 2. The van der Waals surface area contributed by atoms with E-state index < -0.39 is 11.9 Å². The molecule has 31 heavy (non-hydrogen) atoms. The number of aromatic carboxylic acids is 2. The van der Waals surface area contributed by atoms with E-state index in [4.69, 9.17) is 0 Å². The van der Waals surface area contributed by atoms with E-state index in [0.29, 0.717) is 29.9 Å². The van der Waals surface area contributed by atoms with Crippen LogP contribution in [0.2, 0.25) is 0 Å². The summed E-state index contributed by atoms with van der Waals surface area (Å²) in [6.07, 6.45) is 1.92. The summed E-state index contributed by atoms with van der Waals surface area (Å²) in [6, 6.07) is 19.2. The first-order valence-corrected chi connectivity index (χ1v) is 10.5. The van der Waals surface area contributed by atoms with Gasteiger partial charge in [-0.05, 0) is 66.0 Å². The number of carboxylic acids is 2. The molecule has 0 saturated heterocycles. The zero-order valence-corrected chi connectivity index (χ0v) is 18.2. The van der Waals surface area contributed by atoms with Gasteiger partial charge >= 0.3 is 11.9 Å². The Labute approximate surface area is 183 Å². The first kappa shape index (κ1) is 22.3. The number of carbonyl (C=O) groups is 2. The van der Waals surface area contributed by atoms with Crippen LogP contribution in [0.5, 0.6) is 0 Å². The molecule has 0 aromatic heterocycles. The van der Waals surface area contributed by atoms with Crippen molar-refractivity contribution in [3.8, 4) is 0 Å². The third kappa shape index (κ3) is 5.40. The van der Waals surface area contributed by atoms with Gasteiger partial charge in [0.25, 0.3) is 0 Å². The molecule has 0 spiro atoms. The second-order valence-electron chi connectivity index (χ2n) is 8.17. The molecule has 0 heterocycles. The van der Waals surface area contributed by atoms with Crippen LogP contribution in [0.15, 0.2) is 60.7 Å². The van der Waals surface area contributed by atoms with E-state index in [-0.39, 0.29) is 11.1 Å². The van der Waals surface area contributed by atoms with Crippen LogP contribution in [0.25, 0.3) is 0 Å². The average Bonchev–Trinajstić information content (AvgIpc) is 2.75. The first-order valence-electron chi connectivity index (χ1n) is 10.5. The summed E-state index contributed by atoms with van der Waals surface area (Å²) in [6.45, 7) is 6.33. The summed E-state index contributed by atoms with van der Waals surface area (Å²) in [7, 11) is 0. The largest absolute Gasteiger partial charge is 0.478 e. The van der Waals surface area contributed by atoms with E-state index in [0.717, 1.165) is 23.1 Å². The Kier molecular flexibility index (Phi) is 6.91. The summed E-state index contributed by atoms with van der Waals surface area (Å²) in [5.41, 5.74) is 5.68. The van der Waals surface area contributed by atoms with Crippen LogP contribution in [0, 0.1) is 6.92 Å². The zero-order valence-electron chi connectivity index (χ0n) is 18.2. The third-order valence-corrected chi connectivity index (χ3v) is 5.86. The molecule has 0 bridgehead atoms. The van der Waals surface area contributed by atoms with Crippen molar-refractivity contribution in [3.05, 3.63) is 105 Å². The molecule has 0 fully saturated rings. The molecule has 0 aliphatic rings. The molecule has 3 rings (SSSR count). The van der Waals surface area contributed by atoms with Crippen molar-refractivity contribution < 1.29 is 19.8 Å². The molecule has 4 heteroatoms. The van der Waals surface area contributed by atoms with Gasteiger partial charge in [0.2, 0.25) is 0 Å². The van der Waals surface area contributed by atoms with Crippen LogP contribution in [0.4, 0.5) is 0 Å². The Morgan fingerprint density at radius 3 is 1.65 bits per heavy atom. The van der Waals surface area contributed by atoms with E-state index in [2.05, 4.69) is 26.0 Å².